The molecule has 1 atom stereocenters. The van der Waals surface area contributed by atoms with Crippen LogP contribution in [-0.2, 0) is 11.0 Å². The van der Waals surface area contributed by atoms with Crippen molar-refractivity contribution in [3.05, 3.63) is 53.1 Å². The van der Waals surface area contributed by atoms with Crippen molar-refractivity contribution < 1.29 is 27.4 Å². The summed E-state index contributed by atoms with van der Waals surface area (Å²) in [6.45, 7) is 3.00. The van der Waals surface area contributed by atoms with Crippen LogP contribution in [0, 0.1) is 0 Å². The van der Waals surface area contributed by atoms with Crippen LogP contribution in [0.4, 0.5) is 18.9 Å². The lowest BCUT2D eigenvalue weighted by Crippen LogP contribution is -2.43. The summed E-state index contributed by atoms with van der Waals surface area (Å²) >= 11 is 5.66. The maximum Gasteiger partial charge on any atom is 0.418 e. The van der Waals surface area contributed by atoms with Crippen LogP contribution in [0.15, 0.2) is 42.5 Å². The molecule has 0 saturated heterocycles. The van der Waals surface area contributed by atoms with Gasteiger partial charge in [0.1, 0.15) is 12.7 Å². The minimum absolute atomic E-state index is 0.0553. The lowest BCUT2D eigenvalue weighted by Gasteiger charge is -2.30. The van der Waals surface area contributed by atoms with Crippen LogP contribution >= 0.6 is 11.6 Å². The summed E-state index contributed by atoms with van der Waals surface area (Å²) in [7, 11) is 0. The fourth-order valence-corrected chi connectivity index (χ4v) is 3.17. The summed E-state index contributed by atoms with van der Waals surface area (Å²) < 4.78 is 51.1. The molecule has 0 bridgehead atoms. The first kappa shape index (κ1) is 21.3. The number of amides is 1. The number of rotatable bonds is 6. The largest absolute Gasteiger partial charge is 0.486 e. The molecule has 0 aromatic heterocycles. The second-order valence-corrected chi connectivity index (χ2v) is 7.00. The van der Waals surface area contributed by atoms with Gasteiger partial charge >= 0.3 is 6.18 Å². The molecule has 1 aliphatic heterocycles. The minimum atomic E-state index is -4.63. The molecule has 0 radical (unpaired) electrons. The Morgan fingerprint density at radius 2 is 1.97 bits per heavy atom. The average molecular weight is 429 g/mol. The normalized spacial score (nSPS) is 16.0. The van der Waals surface area contributed by atoms with Gasteiger partial charge in [0, 0.05) is 11.6 Å². The molecule has 2 aromatic carbocycles. The summed E-state index contributed by atoms with van der Waals surface area (Å²) in [5.74, 6) is 0.726. The molecule has 1 amide bonds. The Bertz CT molecular complexity index is 876. The molecule has 1 heterocycles. The predicted molar refractivity (Wildman–Crippen MR) is 104 cm³/mol. The topological polar surface area (TPSA) is 50.8 Å². The molecular formula is C20H20ClF3N2O3. The van der Waals surface area contributed by atoms with Crippen LogP contribution in [0.1, 0.15) is 12.5 Å². The molecule has 0 aliphatic carbocycles. The van der Waals surface area contributed by atoms with Gasteiger partial charge in [-0.05, 0) is 36.9 Å². The minimum Gasteiger partial charge on any atom is -0.486 e. The first-order valence-corrected chi connectivity index (χ1v) is 9.41. The van der Waals surface area contributed by atoms with Gasteiger partial charge in [-0.2, -0.15) is 13.2 Å². The van der Waals surface area contributed by atoms with Crippen LogP contribution in [0.3, 0.4) is 0 Å². The van der Waals surface area contributed by atoms with Crippen molar-refractivity contribution in [1.29, 1.82) is 0 Å². The fourth-order valence-electron chi connectivity index (χ4n) is 3.00. The van der Waals surface area contributed by atoms with Crippen molar-refractivity contribution in [1.82, 2.24) is 4.90 Å². The fraction of sp³-hybridized carbons (Fsp3) is 0.350. The number of fused-ring (bicyclic) bond motifs is 1. The second-order valence-electron chi connectivity index (χ2n) is 6.56. The van der Waals surface area contributed by atoms with Crippen LogP contribution in [0.5, 0.6) is 11.5 Å². The van der Waals surface area contributed by atoms with Crippen molar-refractivity contribution in [2.75, 3.05) is 31.6 Å². The summed E-state index contributed by atoms with van der Waals surface area (Å²) in [6.07, 6.45) is -4.92. The smallest absolute Gasteiger partial charge is 0.418 e. The quantitative estimate of drug-likeness (QED) is 0.738. The number of hydrogen-bond acceptors (Lipinski definition) is 4. The van der Waals surface area contributed by atoms with Gasteiger partial charge in [0.25, 0.3) is 0 Å². The highest BCUT2D eigenvalue weighted by molar-refractivity contribution is 6.30. The molecular weight excluding hydrogens is 409 g/mol. The number of ether oxygens (including phenoxy) is 2. The van der Waals surface area contributed by atoms with Gasteiger partial charge in [0.05, 0.1) is 17.8 Å². The zero-order chi connectivity index (χ0) is 21.0. The Kier molecular flexibility index (Phi) is 6.54. The van der Waals surface area contributed by atoms with Crippen molar-refractivity contribution >= 4 is 23.2 Å². The number of benzene rings is 2. The standard InChI is InChI=1S/C20H20ClF3N2O3/c1-2-26(10-14-12-28-17-5-3-4-6-18(17)29-14)11-19(27)25-16-8-7-13(21)9-15(16)20(22,23)24/h3-9,14H,2,10-12H2,1H3,(H,25,27). The van der Waals surface area contributed by atoms with Gasteiger partial charge in [-0.15, -0.1) is 0 Å². The van der Waals surface area contributed by atoms with E-state index in [-0.39, 0.29) is 23.4 Å². The molecule has 3 rings (SSSR count). The highest BCUT2D eigenvalue weighted by Gasteiger charge is 2.34. The number of alkyl halides is 3. The highest BCUT2D eigenvalue weighted by atomic mass is 35.5. The molecule has 2 aromatic rings. The number of nitrogens with zero attached hydrogens (tertiary/aromatic N) is 1. The van der Waals surface area contributed by atoms with Gasteiger partial charge < -0.3 is 14.8 Å². The maximum atomic E-state index is 13.2. The molecule has 5 nitrogen and oxygen atoms in total. The van der Waals surface area contributed by atoms with Gasteiger partial charge in [-0.1, -0.05) is 30.7 Å². The number of anilines is 1. The van der Waals surface area contributed by atoms with Crippen molar-refractivity contribution in [3.63, 3.8) is 0 Å². The lowest BCUT2D eigenvalue weighted by atomic mass is 10.1. The molecule has 29 heavy (non-hydrogen) atoms. The van der Waals surface area contributed by atoms with Crippen LogP contribution in [-0.4, -0.2) is 43.2 Å². The summed E-state index contributed by atoms with van der Waals surface area (Å²) in [5.41, 5.74) is -1.31. The number of carbonyl (C=O) groups is 1. The van der Waals surface area contributed by atoms with Crippen molar-refractivity contribution in [3.8, 4) is 11.5 Å². The Balaban J connectivity index is 1.61. The van der Waals surface area contributed by atoms with Crippen LogP contribution < -0.4 is 14.8 Å². The summed E-state index contributed by atoms with van der Waals surface area (Å²) in [6, 6.07) is 10.5. The Labute approximate surface area is 171 Å². The zero-order valence-electron chi connectivity index (χ0n) is 15.6. The third kappa shape index (κ3) is 5.55. The molecule has 9 heteroatoms. The van der Waals surface area contributed by atoms with E-state index in [2.05, 4.69) is 5.32 Å². The molecule has 0 spiro atoms. The molecule has 0 fully saturated rings. The summed E-state index contributed by atoms with van der Waals surface area (Å²) in [5, 5.41) is 2.28. The third-order valence-corrected chi connectivity index (χ3v) is 4.64. The van der Waals surface area contributed by atoms with E-state index in [0.717, 1.165) is 12.1 Å². The molecule has 0 saturated carbocycles. The van der Waals surface area contributed by atoms with E-state index >= 15 is 0 Å². The third-order valence-electron chi connectivity index (χ3n) is 4.40. The highest BCUT2D eigenvalue weighted by Crippen LogP contribution is 2.36. The van der Waals surface area contributed by atoms with Gasteiger partial charge in [0.15, 0.2) is 11.5 Å². The van der Waals surface area contributed by atoms with Gasteiger partial charge in [-0.25, -0.2) is 0 Å². The Morgan fingerprint density at radius 1 is 1.24 bits per heavy atom. The van der Waals surface area contributed by atoms with Crippen LogP contribution in [0.2, 0.25) is 5.02 Å². The predicted octanol–water partition coefficient (Wildman–Crippen LogP) is 4.46. The van der Waals surface area contributed by atoms with Crippen LogP contribution in [0.25, 0.3) is 0 Å². The van der Waals surface area contributed by atoms with E-state index in [4.69, 9.17) is 21.1 Å². The first-order chi connectivity index (χ1) is 13.8. The molecule has 1 aliphatic rings. The molecule has 1 N–H and O–H groups in total. The van der Waals surface area contributed by atoms with E-state index in [0.29, 0.717) is 31.2 Å². The number of halogens is 4. The zero-order valence-corrected chi connectivity index (χ0v) is 16.4. The van der Waals surface area contributed by atoms with E-state index in [1.165, 1.54) is 6.07 Å². The Morgan fingerprint density at radius 3 is 2.66 bits per heavy atom. The van der Waals surface area contributed by atoms with Crippen molar-refractivity contribution in [2.45, 2.75) is 19.2 Å². The number of hydrogen-bond donors (Lipinski definition) is 1. The molecule has 1 unspecified atom stereocenters. The van der Waals surface area contributed by atoms with E-state index in [1.807, 2.05) is 19.1 Å². The number of nitrogens with one attached hydrogen (secondary N) is 1. The average Bonchev–Trinajstić information content (AvgIpc) is 2.68. The van der Waals surface area contributed by atoms with E-state index in [1.54, 1.807) is 17.0 Å². The number of para-hydroxylation sites is 2. The lowest BCUT2D eigenvalue weighted by molar-refractivity contribution is -0.137. The number of likely N-dealkylation sites (N-methyl/N-ethyl adjacent to an activating group) is 1. The van der Waals surface area contributed by atoms with E-state index < -0.39 is 17.6 Å². The molecule has 156 valence electrons. The summed E-state index contributed by atoms with van der Waals surface area (Å²) in [4.78, 5) is 14.1. The van der Waals surface area contributed by atoms with Crippen molar-refractivity contribution in [2.24, 2.45) is 0 Å². The monoisotopic (exact) mass is 428 g/mol. The second kappa shape index (κ2) is 8.92. The number of carbonyl (C=O) groups excluding carboxylic acids is 1. The maximum absolute atomic E-state index is 13.2. The Hall–Kier alpha value is -2.45. The van der Waals surface area contributed by atoms with E-state index in [9.17, 15) is 18.0 Å². The first-order valence-electron chi connectivity index (χ1n) is 9.03. The SMILES string of the molecule is CCN(CC(=O)Nc1ccc(Cl)cc1C(F)(F)F)CC1COc2ccccc2O1. The van der Waals surface area contributed by atoms with Gasteiger partial charge in [0.2, 0.25) is 5.91 Å². The van der Waals surface area contributed by atoms with Gasteiger partial charge in [-0.3, -0.25) is 9.69 Å².